The van der Waals surface area contributed by atoms with E-state index >= 15 is 0 Å². The quantitative estimate of drug-likeness (QED) is 0.876. The molecule has 21 heavy (non-hydrogen) atoms. The first kappa shape index (κ1) is 16.0. The molecular formula is C17H27N3O. The van der Waals surface area contributed by atoms with E-state index in [2.05, 4.69) is 22.3 Å². The molecule has 0 atom stereocenters. The van der Waals surface area contributed by atoms with E-state index in [1.165, 1.54) is 12.0 Å². The number of nitrogens with two attached hydrogens (primary N) is 1. The van der Waals surface area contributed by atoms with Crippen molar-refractivity contribution in [1.82, 2.24) is 4.90 Å². The summed E-state index contributed by atoms with van der Waals surface area (Å²) in [6.07, 6.45) is 5.25. The van der Waals surface area contributed by atoms with Crippen LogP contribution in [0.4, 0.5) is 5.69 Å². The molecule has 116 valence electrons. The van der Waals surface area contributed by atoms with E-state index in [1.54, 1.807) is 0 Å². The zero-order chi connectivity index (χ0) is 15.3. The Labute approximate surface area is 127 Å². The third-order valence-corrected chi connectivity index (χ3v) is 4.39. The van der Waals surface area contributed by atoms with Crippen molar-refractivity contribution in [2.75, 3.05) is 26.0 Å². The molecule has 1 aromatic rings. The van der Waals surface area contributed by atoms with Gasteiger partial charge >= 0.3 is 0 Å². The van der Waals surface area contributed by atoms with Crippen LogP contribution >= 0.6 is 0 Å². The first-order chi connectivity index (χ1) is 10.1. The lowest BCUT2D eigenvalue weighted by molar-refractivity contribution is -0.126. The van der Waals surface area contributed by atoms with E-state index in [0.717, 1.165) is 37.9 Å². The molecule has 1 aliphatic rings. The molecule has 0 aliphatic heterocycles. The molecule has 4 nitrogen and oxygen atoms in total. The Morgan fingerprint density at radius 3 is 2.33 bits per heavy atom. The Hall–Kier alpha value is -1.39. The topological polar surface area (TPSA) is 58.4 Å². The summed E-state index contributed by atoms with van der Waals surface area (Å²) >= 11 is 0. The lowest BCUT2D eigenvalue weighted by Crippen LogP contribution is -2.43. The zero-order valence-electron chi connectivity index (χ0n) is 13.2. The predicted octanol–water partition coefficient (Wildman–Crippen LogP) is 2.60. The zero-order valence-corrected chi connectivity index (χ0v) is 13.2. The highest BCUT2D eigenvalue weighted by molar-refractivity contribution is 5.95. The predicted molar refractivity (Wildman–Crippen MR) is 87.0 cm³/mol. The highest BCUT2D eigenvalue weighted by atomic mass is 16.2. The van der Waals surface area contributed by atoms with Gasteiger partial charge in [-0.3, -0.25) is 4.79 Å². The van der Waals surface area contributed by atoms with Gasteiger partial charge in [0.1, 0.15) is 0 Å². The fourth-order valence-electron chi connectivity index (χ4n) is 3.07. The maximum absolute atomic E-state index is 12.6. The van der Waals surface area contributed by atoms with Gasteiger partial charge in [-0.05, 0) is 44.6 Å². The summed E-state index contributed by atoms with van der Waals surface area (Å²) < 4.78 is 0. The highest BCUT2D eigenvalue weighted by Gasteiger charge is 2.38. The smallest absolute Gasteiger partial charge is 0.231 e. The van der Waals surface area contributed by atoms with Crippen LogP contribution in [0, 0.1) is 5.41 Å². The first-order valence-electron chi connectivity index (χ1n) is 7.81. The Bertz CT molecular complexity index is 461. The number of benzene rings is 1. The molecule has 0 bridgehead atoms. The van der Waals surface area contributed by atoms with Gasteiger partial charge in [-0.25, -0.2) is 0 Å². The number of hydrogen-bond donors (Lipinski definition) is 2. The maximum atomic E-state index is 12.6. The van der Waals surface area contributed by atoms with E-state index < -0.39 is 0 Å². The molecule has 1 amide bonds. The van der Waals surface area contributed by atoms with Crippen molar-refractivity contribution in [2.45, 2.75) is 38.6 Å². The Morgan fingerprint density at radius 2 is 1.81 bits per heavy atom. The lowest BCUT2D eigenvalue weighted by Gasteiger charge is -2.34. The number of nitrogens with one attached hydrogen (secondary N) is 1. The Morgan fingerprint density at radius 1 is 1.19 bits per heavy atom. The standard InChI is InChI=1S/C17H27N3O/c1-20(2)12-14-6-8-15(9-7-14)19-16(21)17(13-18)10-4-3-5-11-17/h6-9H,3-5,10-13,18H2,1-2H3,(H,19,21). The minimum Gasteiger partial charge on any atom is -0.329 e. The van der Waals surface area contributed by atoms with Crippen LogP contribution in [0.2, 0.25) is 0 Å². The highest BCUT2D eigenvalue weighted by Crippen LogP contribution is 2.36. The van der Waals surface area contributed by atoms with Crippen molar-refractivity contribution in [3.63, 3.8) is 0 Å². The second kappa shape index (κ2) is 7.05. The van der Waals surface area contributed by atoms with E-state index in [4.69, 9.17) is 5.73 Å². The lowest BCUT2D eigenvalue weighted by atomic mass is 9.73. The number of carbonyl (C=O) groups is 1. The van der Waals surface area contributed by atoms with Crippen LogP contribution in [0.1, 0.15) is 37.7 Å². The van der Waals surface area contributed by atoms with Gasteiger partial charge in [-0.1, -0.05) is 31.4 Å². The molecule has 4 heteroatoms. The second-order valence-electron chi connectivity index (χ2n) is 6.43. The second-order valence-corrected chi connectivity index (χ2v) is 6.43. The molecule has 1 fully saturated rings. The van der Waals surface area contributed by atoms with Crippen LogP contribution in [0.25, 0.3) is 0 Å². The molecular weight excluding hydrogens is 262 g/mol. The monoisotopic (exact) mass is 289 g/mol. The van der Waals surface area contributed by atoms with Crippen molar-refractivity contribution < 1.29 is 4.79 Å². The third kappa shape index (κ3) is 4.05. The molecule has 1 saturated carbocycles. The van der Waals surface area contributed by atoms with Crippen molar-refractivity contribution in [2.24, 2.45) is 11.1 Å². The van der Waals surface area contributed by atoms with Gasteiger partial charge in [-0.2, -0.15) is 0 Å². The van der Waals surface area contributed by atoms with Crippen molar-refractivity contribution in [1.29, 1.82) is 0 Å². The SMILES string of the molecule is CN(C)Cc1ccc(NC(=O)C2(CN)CCCCC2)cc1. The van der Waals surface area contributed by atoms with Crippen molar-refractivity contribution in [3.8, 4) is 0 Å². The average Bonchev–Trinajstić information content (AvgIpc) is 2.49. The Balaban J connectivity index is 2.01. The van der Waals surface area contributed by atoms with E-state index in [9.17, 15) is 4.79 Å². The number of rotatable bonds is 5. The number of anilines is 1. The fraction of sp³-hybridized carbons (Fsp3) is 0.588. The summed E-state index contributed by atoms with van der Waals surface area (Å²) in [4.78, 5) is 14.7. The third-order valence-electron chi connectivity index (χ3n) is 4.39. The summed E-state index contributed by atoms with van der Waals surface area (Å²) in [6.45, 7) is 1.35. The first-order valence-corrected chi connectivity index (χ1v) is 7.81. The maximum Gasteiger partial charge on any atom is 0.231 e. The molecule has 0 spiro atoms. The summed E-state index contributed by atoms with van der Waals surface area (Å²) in [5.74, 6) is 0.0880. The average molecular weight is 289 g/mol. The van der Waals surface area contributed by atoms with Gasteiger partial charge in [-0.15, -0.1) is 0 Å². The minimum atomic E-state index is -0.361. The van der Waals surface area contributed by atoms with Crippen LogP contribution in [-0.2, 0) is 11.3 Å². The van der Waals surface area contributed by atoms with Gasteiger partial charge in [0.15, 0.2) is 0 Å². The summed E-state index contributed by atoms with van der Waals surface area (Å²) in [6, 6.07) is 8.07. The molecule has 0 aromatic heterocycles. The number of amides is 1. The van der Waals surface area contributed by atoms with Crippen molar-refractivity contribution >= 4 is 11.6 Å². The van der Waals surface area contributed by atoms with Crippen LogP contribution in [0.5, 0.6) is 0 Å². The number of hydrogen-bond acceptors (Lipinski definition) is 3. The van der Waals surface area contributed by atoms with Gasteiger partial charge in [0, 0.05) is 18.8 Å². The number of nitrogens with zero attached hydrogens (tertiary/aromatic N) is 1. The van der Waals surface area contributed by atoms with E-state index in [0.29, 0.717) is 6.54 Å². The molecule has 3 N–H and O–H groups in total. The van der Waals surface area contributed by atoms with Gasteiger partial charge in [0.25, 0.3) is 0 Å². The van der Waals surface area contributed by atoms with Crippen molar-refractivity contribution in [3.05, 3.63) is 29.8 Å². The summed E-state index contributed by atoms with van der Waals surface area (Å²) in [7, 11) is 4.09. The van der Waals surface area contributed by atoms with Gasteiger partial charge in [0.05, 0.1) is 5.41 Å². The molecule has 1 aliphatic carbocycles. The van der Waals surface area contributed by atoms with Crippen LogP contribution < -0.4 is 11.1 Å². The molecule has 0 unspecified atom stereocenters. The Kier molecular flexibility index (Phi) is 5.37. The van der Waals surface area contributed by atoms with Gasteiger partial charge in [0.2, 0.25) is 5.91 Å². The van der Waals surface area contributed by atoms with Crippen LogP contribution in [0.15, 0.2) is 24.3 Å². The molecule has 2 rings (SSSR count). The molecule has 0 heterocycles. The van der Waals surface area contributed by atoms with Crippen LogP contribution in [0.3, 0.4) is 0 Å². The van der Waals surface area contributed by atoms with Crippen LogP contribution in [-0.4, -0.2) is 31.4 Å². The number of carbonyl (C=O) groups excluding carboxylic acids is 1. The molecule has 1 aromatic carbocycles. The van der Waals surface area contributed by atoms with E-state index in [1.807, 2.05) is 26.2 Å². The van der Waals surface area contributed by atoms with E-state index in [-0.39, 0.29) is 11.3 Å². The minimum absolute atomic E-state index is 0.0880. The fourth-order valence-corrected chi connectivity index (χ4v) is 3.07. The van der Waals surface area contributed by atoms with Gasteiger partial charge < -0.3 is 16.0 Å². The molecule has 0 saturated heterocycles. The summed E-state index contributed by atoms with van der Waals surface area (Å²) in [5, 5.41) is 3.05. The normalized spacial score (nSPS) is 17.7. The summed E-state index contributed by atoms with van der Waals surface area (Å²) in [5.41, 5.74) is 7.65. The largest absolute Gasteiger partial charge is 0.329 e. The molecule has 0 radical (unpaired) electrons.